The van der Waals surface area contributed by atoms with E-state index in [0.29, 0.717) is 0 Å². The number of rotatable bonds is 3. The Hall–Kier alpha value is -2.79. The summed E-state index contributed by atoms with van der Waals surface area (Å²) in [5.74, 6) is 0.00319. The molecule has 0 fully saturated rings. The van der Waals surface area contributed by atoms with Gasteiger partial charge in [0.1, 0.15) is 17.2 Å². The number of benzene rings is 2. The van der Waals surface area contributed by atoms with Crippen molar-refractivity contribution in [2.24, 2.45) is 0 Å². The molecule has 0 spiro atoms. The molecule has 0 aliphatic heterocycles. The van der Waals surface area contributed by atoms with Crippen LogP contribution in [0.3, 0.4) is 0 Å². The van der Waals surface area contributed by atoms with E-state index < -0.39 is 0 Å². The van der Waals surface area contributed by atoms with Crippen LogP contribution in [-0.4, -0.2) is 14.5 Å². The Labute approximate surface area is 142 Å². The van der Waals surface area contributed by atoms with Gasteiger partial charge in [0.25, 0.3) is 0 Å². The van der Waals surface area contributed by atoms with E-state index in [2.05, 4.69) is 4.98 Å². The first-order valence-electron chi connectivity index (χ1n) is 7.39. The van der Waals surface area contributed by atoms with Crippen molar-refractivity contribution >= 4 is 17.4 Å². The molecular weight excluding hydrogens is 323 g/mol. The number of aromatic nitrogens is 2. The lowest BCUT2D eigenvalue weighted by atomic mass is 10.2. The number of hydrogen-bond donors (Lipinski definition) is 1. The SMILES string of the molecule is Oc1ccc(Sc2ccc3nc(-c4ccc(F)cc4)cn3c2)cc1. The lowest BCUT2D eigenvalue weighted by Crippen LogP contribution is -1.83. The van der Waals surface area contributed by atoms with Gasteiger partial charge in [0.05, 0.1) is 5.69 Å². The quantitative estimate of drug-likeness (QED) is 0.572. The molecule has 24 heavy (non-hydrogen) atoms. The van der Waals surface area contributed by atoms with Gasteiger partial charge in [-0.3, -0.25) is 0 Å². The number of imidazole rings is 1. The molecule has 0 atom stereocenters. The highest BCUT2D eigenvalue weighted by atomic mass is 32.2. The van der Waals surface area contributed by atoms with Crippen molar-refractivity contribution in [1.82, 2.24) is 9.38 Å². The van der Waals surface area contributed by atoms with Crippen LogP contribution in [0.4, 0.5) is 4.39 Å². The molecule has 2 aromatic carbocycles. The van der Waals surface area contributed by atoms with Crippen LogP contribution in [0.5, 0.6) is 5.75 Å². The van der Waals surface area contributed by atoms with Gasteiger partial charge >= 0.3 is 0 Å². The second-order valence-corrected chi connectivity index (χ2v) is 6.51. The summed E-state index contributed by atoms with van der Waals surface area (Å²) < 4.78 is 15.0. The number of phenolic OH excluding ortho intramolecular Hbond substituents is 1. The van der Waals surface area contributed by atoms with Crippen LogP contribution in [0.15, 0.2) is 82.8 Å². The topological polar surface area (TPSA) is 37.5 Å². The van der Waals surface area contributed by atoms with E-state index in [1.807, 2.05) is 41.1 Å². The molecule has 4 aromatic rings. The van der Waals surface area contributed by atoms with Crippen LogP contribution in [0.25, 0.3) is 16.9 Å². The largest absolute Gasteiger partial charge is 0.508 e. The molecule has 5 heteroatoms. The standard InChI is InChI=1S/C19H13FN2OS/c20-14-3-1-13(2-4-14)18-12-22-11-17(9-10-19(22)21-18)24-16-7-5-15(23)6-8-16/h1-12,23H. The second-order valence-electron chi connectivity index (χ2n) is 5.36. The van der Waals surface area contributed by atoms with Crippen LogP contribution < -0.4 is 0 Å². The summed E-state index contributed by atoms with van der Waals surface area (Å²) >= 11 is 1.61. The Morgan fingerprint density at radius 2 is 1.54 bits per heavy atom. The smallest absolute Gasteiger partial charge is 0.137 e. The van der Waals surface area contributed by atoms with E-state index in [4.69, 9.17) is 0 Å². The Morgan fingerprint density at radius 1 is 0.833 bits per heavy atom. The molecule has 0 amide bonds. The molecule has 2 aromatic heterocycles. The Bertz CT molecular complexity index is 994. The molecule has 0 radical (unpaired) electrons. The average molecular weight is 336 g/mol. The summed E-state index contributed by atoms with van der Waals surface area (Å²) in [5.41, 5.74) is 2.53. The van der Waals surface area contributed by atoms with Crippen molar-refractivity contribution in [2.75, 3.05) is 0 Å². The summed E-state index contributed by atoms with van der Waals surface area (Å²) in [4.78, 5) is 6.68. The van der Waals surface area contributed by atoms with Crippen LogP contribution in [0, 0.1) is 5.82 Å². The number of phenols is 1. The minimum absolute atomic E-state index is 0.255. The summed E-state index contributed by atoms with van der Waals surface area (Å²) in [6.07, 6.45) is 3.94. The van der Waals surface area contributed by atoms with Gasteiger partial charge in [-0.15, -0.1) is 0 Å². The first-order chi connectivity index (χ1) is 11.7. The van der Waals surface area contributed by atoms with Gasteiger partial charge in [-0.1, -0.05) is 11.8 Å². The highest BCUT2D eigenvalue weighted by molar-refractivity contribution is 7.99. The van der Waals surface area contributed by atoms with Gasteiger partial charge in [-0.05, 0) is 60.7 Å². The number of pyridine rings is 1. The molecule has 2 heterocycles. The second kappa shape index (κ2) is 6.02. The first kappa shape index (κ1) is 14.8. The molecule has 0 aliphatic rings. The predicted octanol–water partition coefficient (Wildman–Crippen LogP) is 5.00. The molecule has 0 aliphatic carbocycles. The van der Waals surface area contributed by atoms with Gasteiger partial charge in [-0.25, -0.2) is 9.37 Å². The molecule has 0 bridgehead atoms. The molecule has 0 saturated carbocycles. The van der Waals surface area contributed by atoms with E-state index in [-0.39, 0.29) is 11.6 Å². The number of nitrogens with zero attached hydrogens (tertiary/aromatic N) is 2. The summed E-state index contributed by atoms with van der Waals surface area (Å²) in [6.45, 7) is 0. The summed E-state index contributed by atoms with van der Waals surface area (Å²) in [5, 5.41) is 9.35. The maximum absolute atomic E-state index is 13.0. The third kappa shape index (κ3) is 2.98. The van der Waals surface area contributed by atoms with Crippen molar-refractivity contribution in [3.63, 3.8) is 0 Å². The molecule has 0 unspecified atom stereocenters. The van der Waals surface area contributed by atoms with Gasteiger partial charge in [-0.2, -0.15) is 0 Å². The molecule has 1 N–H and O–H groups in total. The molecule has 0 saturated heterocycles. The van der Waals surface area contributed by atoms with Gasteiger partial charge in [0.15, 0.2) is 0 Å². The van der Waals surface area contributed by atoms with E-state index in [0.717, 1.165) is 26.7 Å². The Morgan fingerprint density at radius 3 is 2.29 bits per heavy atom. The highest BCUT2D eigenvalue weighted by Gasteiger charge is 2.06. The van der Waals surface area contributed by atoms with E-state index in [1.165, 1.54) is 12.1 Å². The third-order valence-corrected chi connectivity index (χ3v) is 4.62. The van der Waals surface area contributed by atoms with E-state index in [1.54, 1.807) is 36.0 Å². The molecule has 4 rings (SSSR count). The Kier molecular flexibility index (Phi) is 3.70. The first-order valence-corrected chi connectivity index (χ1v) is 8.21. The van der Waals surface area contributed by atoms with Gasteiger partial charge in [0, 0.05) is 27.7 Å². The van der Waals surface area contributed by atoms with Crippen molar-refractivity contribution < 1.29 is 9.50 Å². The van der Waals surface area contributed by atoms with E-state index >= 15 is 0 Å². The minimum Gasteiger partial charge on any atom is -0.508 e. The number of fused-ring (bicyclic) bond motifs is 1. The van der Waals surface area contributed by atoms with Crippen LogP contribution in [-0.2, 0) is 0 Å². The Balaban J connectivity index is 1.65. The zero-order valence-corrected chi connectivity index (χ0v) is 13.4. The molecular formula is C19H13FN2OS. The monoisotopic (exact) mass is 336 g/mol. The third-order valence-electron chi connectivity index (χ3n) is 3.64. The van der Waals surface area contributed by atoms with E-state index in [9.17, 15) is 9.50 Å². The van der Waals surface area contributed by atoms with Crippen molar-refractivity contribution in [2.45, 2.75) is 9.79 Å². The number of aromatic hydroxyl groups is 1. The average Bonchev–Trinajstić information content (AvgIpc) is 3.01. The van der Waals surface area contributed by atoms with Crippen LogP contribution in [0.2, 0.25) is 0 Å². The fourth-order valence-corrected chi connectivity index (χ4v) is 3.29. The zero-order chi connectivity index (χ0) is 16.5. The maximum atomic E-state index is 13.0. The number of halogens is 1. The van der Waals surface area contributed by atoms with Crippen molar-refractivity contribution in [1.29, 1.82) is 0 Å². The lowest BCUT2D eigenvalue weighted by molar-refractivity contribution is 0.475. The molecule has 3 nitrogen and oxygen atoms in total. The normalized spacial score (nSPS) is 11.0. The highest BCUT2D eigenvalue weighted by Crippen LogP contribution is 2.29. The van der Waals surface area contributed by atoms with Crippen molar-refractivity contribution in [3.8, 4) is 17.0 Å². The van der Waals surface area contributed by atoms with Crippen molar-refractivity contribution in [3.05, 3.63) is 78.9 Å². The van der Waals surface area contributed by atoms with Crippen LogP contribution in [0.1, 0.15) is 0 Å². The van der Waals surface area contributed by atoms with Gasteiger partial charge < -0.3 is 9.51 Å². The maximum Gasteiger partial charge on any atom is 0.137 e. The fourth-order valence-electron chi connectivity index (χ4n) is 2.44. The zero-order valence-electron chi connectivity index (χ0n) is 12.6. The lowest BCUT2D eigenvalue weighted by Gasteiger charge is -2.02. The van der Waals surface area contributed by atoms with Crippen LogP contribution >= 0.6 is 11.8 Å². The minimum atomic E-state index is -0.255. The van der Waals surface area contributed by atoms with Gasteiger partial charge in [0.2, 0.25) is 0 Å². The summed E-state index contributed by atoms with van der Waals surface area (Å²) in [7, 11) is 0. The molecule has 118 valence electrons. The number of hydrogen-bond acceptors (Lipinski definition) is 3. The predicted molar refractivity (Wildman–Crippen MR) is 92.8 cm³/mol. The fraction of sp³-hybridized carbons (Fsp3) is 0. The summed E-state index contributed by atoms with van der Waals surface area (Å²) in [6, 6.07) is 17.4.